The highest BCUT2D eigenvalue weighted by Gasteiger charge is 2.21. The molecule has 0 aliphatic carbocycles. The Morgan fingerprint density at radius 3 is 2.68 bits per heavy atom. The lowest BCUT2D eigenvalue weighted by atomic mass is 10.0. The molecular weight excluding hydrogens is 318 g/mol. The average molecular weight is 339 g/mol. The minimum atomic E-state index is 0.205. The monoisotopic (exact) mass is 339 g/mol. The maximum atomic E-state index is 5.40. The second-order valence-electron chi connectivity index (χ2n) is 6.12. The molecule has 2 aromatic heterocycles. The highest BCUT2D eigenvalue weighted by Crippen LogP contribution is 2.31. The van der Waals surface area contributed by atoms with Gasteiger partial charge in [0.05, 0.1) is 26.0 Å². The summed E-state index contributed by atoms with van der Waals surface area (Å²) < 4.78 is 12.5. The molecule has 1 aliphatic heterocycles. The SMILES string of the molecule is COc1ccc(-c2ccc3nnc([C@@H]4CCCCN4)n3n2)cc1OC. The molecule has 0 amide bonds. The molecule has 4 rings (SSSR count). The minimum Gasteiger partial charge on any atom is -0.493 e. The van der Waals surface area contributed by atoms with Crippen LogP contribution in [0, 0.1) is 0 Å². The Bertz CT molecular complexity index is 886. The molecule has 130 valence electrons. The van der Waals surface area contributed by atoms with Gasteiger partial charge in [0, 0.05) is 5.56 Å². The zero-order valence-electron chi connectivity index (χ0n) is 14.4. The number of aromatic nitrogens is 4. The van der Waals surface area contributed by atoms with Crippen LogP contribution in [0.4, 0.5) is 0 Å². The molecular formula is C18H21N5O2. The summed E-state index contributed by atoms with van der Waals surface area (Å²) in [7, 11) is 3.26. The van der Waals surface area contributed by atoms with Gasteiger partial charge in [0.25, 0.3) is 0 Å². The minimum absolute atomic E-state index is 0.205. The van der Waals surface area contributed by atoms with E-state index in [1.807, 2.05) is 34.8 Å². The summed E-state index contributed by atoms with van der Waals surface area (Å²) >= 11 is 0. The second kappa shape index (κ2) is 6.68. The van der Waals surface area contributed by atoms with Crippen molar-refractivity contribution in [3.8, 4) is 22.8 Å². The van der Waals surface area contributed by atoms with Gasteiger partial charge in [0.2, 0.25) is 0 Å². The Morgan fingerprint density at radius 1 is 1.04 bits per heavy atom. The second-order valence-corrected chi connectivity index (χ2v) is 6.12. The molecule has 0 unspecified atom stereocenters. The van der Waals surface area contributed by atoms with E-state index in [0.717, 1.165) is 35.7 Å². The third-order valence-corrected chi connectivity index (χ3v) is 4.59. The Hall–Kier alpha value is -2.67. The van der Waals surface area contributed by atoms with Crippen LogP contribution in [-0.4, -0.2) is 40.6 Å². The highest BCUT2D eigenvalue weighted by atomic mass is 16.5. The van der Waals surface area contributed by atoms with Gasteiger partial charge in [0.1, 0.15) is 0 Å². The van der Waals surface area contributed by atoms with E-state index < -0.39 is 0 Å². The number of rotatable bonds is 4. The molecule has 3 aromatic rings. The Kier molecular flexibility index (Phi) is 4.23. The van der Waals surface area contributed by atoms with Crippen LogP contribution in [0.15, 0.2) is 30.3 Å². The van der Waals surface area contributed by atoms with Gasteiger partial charge in [0.15, 0.2) is 23.0 Å². The molecule has 0 radical (unpaired) electrons. The predicted octanol–water partition coefficient (Wildman–Crippen LogP) is 2.62. The first-order valence-electron chi connectivity index (χ1n) is 8.48. The largest absolute Gasteiger partial charge is 0.493 e. The van der Waals surface area contributed by atoms with Gasteiger partial charge in [-0.1, -0.05) is 6.42 Å². The third kappa shape index (κ3) is 2.91. The van der Waals surface area contributed by atoms with Gasteiger partial charge in [-0.15, -0.1) is 10.2 Å². The van der Waals surface area contributed by atoms with E-state index >= 15 is 0 Å². The molecule has 1 fully saturated rings. The van der Waals surface area contributed by atoms with Crippen molar-refractivity contribution in [1.29, 1.82) is 0 Å². The summed E-state index contributed by atoms with van der Waals surface area (Å²) in [6.45, 7) is 1.01. The smallest absolute Gasteiger partial charge is 0.178 e. The van der Waals surface area contributed by atoms with Crippen molar-refractivity contribution in [3.05, 3.63) is 36.2 Å². The van der Waals surface area contributed by atoms with Crippen molar-refractivity contribution in [1.82, 2.24) is 25.1 Å². The number of fused-ring (bicyclic) bond motifs is 1. The van der Waals surface area contributed by atoms with Crippen molar-refractivity contribution in [3.63, 3.8) is 0 Å². The van der Waals surface area contributed by atoms with E-state index in [0.29, 0.717) is 11.5 Å². The van der Waals surface area contributed by atoms with Crippen LogP contribution in [0.5, 0.6) is 11.5 Å². The molecule has 0 spiro atoms. The van der Waals surface area contributed by atoms with Crippen LogP contribution in [0.25, 0.3) is 16.9 Å². The van der Waals surface area contributed by atoms with Gasteiger partial charge >= 0.3 is 0 Å². The fourth-order valence-electron chi connectivity index (χ4n) is 3.24. The van der Waals surface area contributed by atoms with Crippen molar-refractivity contribution in [2.75, 3.05) is 20.8 Å². The Labute approximate surface area is 146 Å². The number of hydrogen-bond donors (Lipinski definition) is 1. The van der Waals surface area contributed by atoms with E-state index in [-0.39, 0.29) is 6.04 Å². The summed E-state index contributed by atoms with van der Waals surface area (Å²) in [4.78, 5) is 0. The maximum Gasteiger partial charge on any atom is 0.178 e. The number of piperidine rings is 1. The predicted molar refractivity (Wildman–Crippen MR) is 93.9 cm³/mol. The zero-order chi connectivity index (χ0) is 17.2. The Morgan fingerprint density at radius 2 is 1.92 bits per heavy atom. The van der Waals surface area contributed by atoms with E-state index in [9.17, 15) is 0 Å². The normalized spacial score (nSPS) is 17.6. The topological polar surface area (TPSA) is 73.6 Å². The van der Waals surface area contributed by atoms with Gasteiger partial charge in [-0.2, -0.15) is 9.61 Å². The lowest BCUT2D eigenvalue weighted by Gasteiger charge is -2.21. The lowest BCUT2D eigenvalue weighted by molar-refractivity contribution is 0.355. The molecule has 0 bridgehead atoms. The summed E-state index contributed by atoms with van der Waals surface area (Å²) in [6, 6.07) is 9.88. The van der Waals surface area contributed by atoms with Gasteiger partial charge in [-0.25, -0.2) is 0 Å². The molecule has 7 nitrogen and oxygen atoms in total. The maximum absolute atomic E-state index is 5.40. The first kappa shape index (κ1) is 15.8. The fraction of sp³-hybridized carbons (Fsp3) is 0.389. The standard InChI is InChI=1S/C18H21N5O2/c1-24-15-8-6-12(11-16(15)25-2)13-7-9-17-20-21-18(23(17)22-13)14-5-3-4-10-19-14/h6-9,11,14,19H,3-5,10H2,1-2H3/t14-/m0/s1. The number of benzene rings is 1. The number of nitrogens with one attached hydrogen (secondary N) is 1. The quantitative estimate of drug-likeness (QED) is 0.788. The Balaban J connectivity index is 1.75. The average Bonchev–Trinajstić information content (AvgIpc) is 3.11. The summed E-state index contributed by atoms with van der Waals surface area (Å²) in [5, 5.41) is 16.9. The number of hydrogen-bond acceptors (Lipinski definition) is 6. The van der Waals surface area contributed by atoms with Crippen LogP contribution in [0.2, 0.25) is 0 Å². The number of ether oxygens (including phenoxy) is 2. The lowest BCUT2D eigenvalue weighted by Crippen LogP contribution is -2.28. The zero-order valence-corrected chi connectivity index (χ0v) is 14.4. The fourth-order valence-corrected chi connectivity index (χ4v) is 3.24. The summed E-state index contributed by atoms with van der Waals surface area (Å²) in [6.07, 6.45) is 3.46. The van der Waals surface area contributed by atoms with E-state index in [1.54, 1.807) is 14.2 Å². The molecule has 25 heavy (non-hydrogen) atoms. The van der Waals surface area contributed by atoms with Crippen molar-refractivity contribution in [2.24, 2.45) is 0 Å². The van der Waals surface area contributed by atoms with Crippen molar-refractivity contribution >= 4 is 5.65 Å². The molecule has 1 aliphatic rings. The number of nitrogens with zero attached hydrogens (tertiary/aromatic N) is 4. The molecule has 1 atom stereocenters. The van der Waals surface area contributed by atoms with Crippen molar-refractivity contribution in [2.45, 2.75) is 25.3 Å². The van der Waals surface area contributed by atoms with Crippen LogP contribution in [0.3, 0.4) is 0 Å². The van der Waals surface area contributed by atoms with Gasteiger partial charge < -0.3 is 14.8 Å². The van der Waals surface area contributed by atoms with E-state index in [4.69, 9.17) is 14.6 Å². The highest BCUT2D eigenvalue weighted by molar-refractivity contribution is 5.64. The molecule has 7 heteroatoms. The van der Waals surface area contributed by atoms with Gasteiger partial charge in [-0.3, -0.25) is 0 Å². The van der Waals surface area contributed by atoms with Crippen LogP contribution < -0.4 is 14.8 Å². The molecule has 1 saturated heterocycles. The van der Waals surface area contributed by atoms with Crippen LogP contribution >= 0.6 is 0 Å². The number of methoxy groups -OCH3 is 2. The van der Waals surface area contributed by atoms with Crippen molar-refractivity contribution < 1.29 is 9.47 Å². The molecule has 3 heterocycles. The van der Waals surface area contributed by atoms with E-state index in [2.05, 4.69) is 15.5 Å². The first-order chi connectivity index (χ1) is 12.3. The summed E-state index contributed by atoms with van der Waals surface area (Å²) in [5.74, 6) is 2.25. The van der Waals surface area contributed by atoms with Crippen LogP contribution in [-0.2, 0) is 0 Å². The van der Waals surface area contributed by atoms with E-state index in [1.165, 1.54) is 12.8 Å². The third-order valence-electron chi connectivity index (χ3n) is 4.59. The molecule has 1 N–H and O–H groups in total. The van der Waals surface area contributed by atoms with Gasteiger partial charge in [-0.05, 0) is 49.7 Å². The molecule has 1 aromatic carbocycles. The molecule has 0 saturated carbocycles. The van der Waals surface area contributed by atoms with Crippen LogP contribution in [0.1, 0.15) is 31.1 Å². The first-order valence-corrected chi connectivity index (χ1v) is 8.48. The summed E-state index contributed by atoms with van der Waals surface area (Å²) in [5.41, 5.74) is 2.55.